The summed E-state index contributed by atoms with van der Waals surface area (Å²) in [7, 11) is 0. The Morgan fingerprint density at radius 2 is 2.06 bits per heavy atom. The molecule has 1 saturated heterocycles. The van der Waals surface area contributed by atoms with Crippen molar-refractivity contribution in [3.63, 3.8) is 0 Å². The van der Waals surface area contributed by atoms with Crippen molar-refractivity contribution in [2.75, 3.05) is 0 Å². The van der Waals surface area contributed by atoms with Gasteiger partial charge in [0.2, 0.25) is 5.91 Å². The summed E-state index contributed by atoms with van der Waals surface area (Å²) in [5.41, 5.74) is 0. The number of carbonyl (C=O) groups excluding carboxylic acids is 2. The molecule has 1 aromatic rings. The van der Waals surface area contributed by atoms with E-state index in [2.05, 4.69) is 5.32 Å². The molecule has 1 aromatic carbocycles. The number of aromatic hydroxyl groups is 1. The molecule has 1 aliphatic heterocycles. The summed E-state index contributed by atoms with van der Waals surface area (Å²) in [6, 6.07) is 5.28. The summed E-state index contributed by atoms with van der Waals surface area (Å²) in [6.45, 7) is 0. The Balaban J connectivity index is 1.97. The summed E-state index contributed by atoms with van der Waals surface area (Å²) < 4.78 is 5.04. The van der Waals surface area contributed by atoms with Crippen molar-refractivity contribution in [3.8, 4) is 11.5 Å². The molecule has 0 saturated carbocycles. The van der Waals surface area contributed by atoms with Crippen LogP contribution in [0.2, 0.25) is 0 Å². The molecule has 1 atom stereocenters. The zero-order chi connectivity index (χ0) is 11.5. The van der Waals surface area contributed by atoms with E-state index in [1.807, 2.05) is 0 Å². The van der Waals surface area contributed by atoms with Crippen LogP contribution in [0.25, 0.3) is 0 Å². The van der Waals surface area contributed by atoms with Gasteiger partial charge >= 0.3 is 5.97 Å². The average molecular weight is 221 g/mol. The van der Waals surface area contributed by atoms with Crippen LogP contribution in [0, 0.1) is 0 Å². The van der Waals surface area contributed by atoms with E-state index in [-0.39, 0.29) is 11.7 Å². The molecule has 0 aromatic heterocycles. The Bertz CT molecular complexity index is 412. The molecule has 1 aliphatic rings. The first kappa shape index (κ1) is 10.5. The largest absolute Gasteiger partial charge is 0.508 e. The van der Waals surface area contributed by atoms with E-state index in [1.54, 1.807) is 0 Å². The fourth-order valence-electron chi connectivity index (χ4n) is 1.49. The van der Waals surface area contributed by atoms with E-state index < -0.39 is 12.0 Å². The lowest BCUT2D eigenvalue weighted by Crippen LogP contribution is -2.36. The van der Waals surface area contributed by atoms with E-state index in [0.29, 0.717) is 18.6 Å². The Kier molecular flexibility index (Phi) is 2.76. The van der Waals surface area contributed by atoms with E-state index in [4.69, 9.17) is 9.84 Å². The van der Waals surface area contributed by atoms with Crippen LogP contribution in [0.15, 0.2) is 24.3 Å². The lowest BCUT2D eigenvalue weighted by molar-refractivity contribution is -0.137. The summed E-state index contributed by atoms with van der Waals surface area (Å²) in [5, 5.41) is 11.6. The Morgan fingerprint density at radius 3 is 2.62 bits per heavy atom. The highest BCUT2D eigenvalue weighted by Gasteiger charge is 2.28. The van der Waals surface area contributed by atoms with E-state index in [9.17, 15) is 9.59 Å². The fourth-order valence-corrected chi connectivity index (χ4v) is 1.49. The molecule has 0 radical (unpaired) electrons. The highest BCUT2D eigenvalue weighted by Crippen LogP contribution is 2.17. The van der Waals surface area contributed by atoms with E-state index in [1.165, 1.54) is 24.3 Å². The van der Waals surface area contributed by atoms with Crippen LogP contribution in [-0.2, 0) is 9.59 Å². The van der Waals surface area contributed by atoms with Gasteiger partial charge < -0.3 is 15.2 Å². The molecule has 2 rings (SSSR count). The molecule has 5 nitrogen and oxygen atoms in total. The van der Waals surface area contributed by atoms with Gasteiger partial charge in [-0.3, -0.25) is 4.79 Å². The monoisotopic (exact) mass is 221 g/mol. The van der Waals surface area contributed by atoms with Gasteiger partial charge in [-0.15, -0.1) is 0 Å². The maximum absolute atomic E-state index is 11.5. The first-order chi connectivity index (χ1) is 7.65. The van der Waals surface area contributed by atoms with Gasteiger partial charge in [0.1, 0.15) is 17.5 Å². The molecule has 0 bridgehead atoms. The molecule has 0 spiro atoms. The third-order valence-corrected chi connectivity index (χ3v) is 2.33. The zero-order valence-electron chi connectivity index (χ0n) is 8.47. The first-order valence-electron chi connectivity index (χ1n) is 4.95. The number of rotatable bonds is 2. The highest BCUT2D eigenvalue weighted by molar-refractivity contribution is 5.88. The van der Waals surface area contributed by atoms with Gasteiger partial charge in [-0.2, -0.15) is 0 Å². The maximum atomic E-state index is 11.5. The minimum atomic E-state index is -0.554. The topological polar surface area (TPSA) is 75.6 Å². The lowest BCUT2D eigenvalue weighted by atomic mass is 10.2. The number of benzene rings is 1. The van der Waals surface area contributed by atoms with Gasteiger partial charge in [0.15, 0.2) is 0 Å². The molecule has 16 heavy (non-hydrogen) atoms. The van der Waals surface area contributed by atoms with E-state index in [0.717, 1.165) is 0 Å². The van der Waals surface area contributed by atoms with Crippen molar-refractivity contribution in [2.24, 2.45) is 0 Å². The minimum Gasteiger partial charge on any atom is -0.508 e. The predicted octanol–water partition coefficient (Wildman–Crippen LogP) is 0.576. The number of esters is 1. The molecule has 0 unspecified atom stereocenters. The van der Waals surface area contributed by atoms with Crippen LogP contribution in [-0.4, -0.2) is 23.0 Å². The second-order valence-electron chi connectivity index (χ2n) is 3.57. The Labute approximate surface area is 92.0 Å². The number of ether oxygens (including phenoxy) is 1. The van der Waals surface area contributed by atoms with Crippen LogP contribution < -0.4 is 10.1 Å². The van der Waals surface area contributed by atoms with Crippen molar-refractivity contribution < 1.29 is 19.4 Å². The lowest BCUT2D eigenvalue weighted by Gasteiger charge is -2.09. The molecular formula is C11H11NO4. The number of phenols is 1. The second-order valence-corrected chi connectivity index (χ2v) is 3.57. The third kappa shape index (κ3) is 2.31. The van der Waals surface area contributed by atoms with Crippen molar-refractivity contribution in [2.45, 2.75) is 18.9 Å². The SMILES string of the molecule is O=C1CC[C@@H](C(=O)Oc2ccc(O)cc2)N1. The number of hydrogen-bond donors (Lipinski definition) is 2. The smallest absolute Gasteiger partial charge is 0.334 e. The summed E-state index contributed by atoms with van der Waals surface area (Å²) in [6.07, 6.45) is 0.824. The van der Waals surface area contributed by atoms with Gasteiger partial charge in [0.05, 0.1) is 0 Å². The van der Waals surface area contributed by atoms with Crippen LogP contribution in [0.5, 0.6) is 11.5 Å². The third-order valence-electron chi connectivity index (χ3n) is 2.33. The van der Waals surface area contributed by atoms with Crippen molar-refractivity contribution in [1.82, 2.24) is 5.32 Å². The molecule has 5 heteroatoms. The normalized spacial score (nSPS) is 19.2. The number of amides is 1. The summed E-state index contributed by atoms with van der Waals surface area (Å²) in [4.78, 5) is 22.4. The van der Waals surface area contributed by atoms with Gasteiger partial charge in [-0.25, -0.2) is 4.79 Å². The minimum absolute atomic E-state index is 0.106. The van der Waals surface area contributed by atoms with Crippen molar-refractivity contribution >= 4 is 11.9 Å². The Hall–Kier alpha value is -2.04. The number of phenolic OH excluding ortho intramolecular Hbond substituents is 1. The van der Waals surface area contributed by atoms with E-state index >= 15 is 0 Å². The second kappa shape index (κ2) is 4.22. The van der Waals surface area contributed by atoms with Gasteiger partial charge in [-0.05, 0) is 30.7 Å². The first-order valence-corrected chi connectivity index (χ1v) is 4.95. The zero-order valence-corrected chi connectivity index (χ0v) is 8.47. The quantitative estimate of drug-likeness (QED) is 0.565. The molecule has 1 fully saturated rings. The van der Waals surface area contributed by atoms with Crippen molar-refractivity contribution in [1.29, 1.82) is 0 Å². The maximum Gasteiger partial charge on any atom is 0.334 e. The molecule has 84 valence electrons. The molecular weight excluding hydrogens is 210 g/mol. The van der Waals surface area contributed by atoms with Crippen molar-refractivity contribution in [3.05, 3.63) is 24.3 Å². The fraction of sp³-hybridized carbons (Fsp3) is 0.273. The Morgan fingerprint density at radius 1 is 1.38 bits per heavy atom. The average Bonchev–Trinajstić information content (AvgIpc) is 2.68. The predicted molar refractivity (Wildman–Crippen MR) is 54.9 cm³/mol. The van der Waals surface area contributed by atoms with Crippen LogP contribution >= 0.6 is 0 Å². The van der Waals surface area contributed by atoms with Gasteiger partial charge in [-0.1, -0.05) is 0 Å². The summed E-state index contributed by atoms with van der Waals surface area (Å²) in [5.74, 6) is -0.151. The molecule has 2 N–H and O–H groups in total. The molecule has 0 aliphatic carbocycles. The highest BCUT2D eigenvalue weighted by atomic mass is 16.5. The standard InChI is InChI=1S/C11H11NO4/c13-7-1-3-8(4-2-7)16-11(15)9-5-6-10(14)12-9/h1-4,9,13H,5-6H2,(H,12,14)/t9-/m0/s1. The van der Waals surface area contributed by atoms with Gasteiger partial charge in [0.25, 0.3) is 0 Å². The van der Waals surface area contributed by atoms with Gasteiger partial charge in [0, 0.05) is 6.42 Å². The molecule has 1 heterocycles. The summed E-state index contributed by atoms with van der Waals surface area (Å²) >= 11 is 0. The number of carbonyl (C=O) groups is 2. The van der Waals surface area contributed by atoms with Crippen LogP contribution in [0.4, 0.5) is 0 Å². The number of hydrogen-bond acceptors (Lipinski definition) is 4. The molecule has 1 amide bonds. The van der Waals surface area contributed by atoms with Crippen LogP contribution in [0.3, 0.4) is 0 Å². The number of nitrogens with one attached hydrogen (secondary N) is 1. The van der Waals surface area contributed by atoms with Crippen LogP contribution in [0.1, 0.15) is 12.8 Å².